The van der Waals surface area contributed by atoms with Gasteiger partial charge in [-0.15, -0.1) is 10.2 Å². The molecule has 23 heavy (non-hydrogen) atoms. The summed E-state index contributed by atoms with van der Waals surface area (Å²) in [7, 11) is 1.97. The molecule has 0 amide bonds. The van der Waals surface area contributed by atoms with Crippen LogP contribution in [0.5, 0.6) is 0 Å². The van der Waals surface area contributed by atoms with E-state index in [1.54, 1.807) is 6.20 Å². The second-order valence-corrected chi connectivity index (χ2v) is 5.91. The number of nitrogens with zero attached hydrogens (tertiary/aromatic N) is 5. The normalized spacial score (nSPS) is 12.7. The molecule has 0 aliphatic heterocycles. The van der Waals surface area contributed by atoms with E-state index in [-0.39, 0.29) is 0 Å². The molecule has 6 nitrogen and oxygen atoms in total. The van der Waals surface area contributed by atoms with Crippen molar-refractivity contribution in [2.24, 2.45) is 7.05 Å². The van der Waals surface area contributed by atoms with Gasteiger partial charge in [0.2, 0.25) is 0 Å². The van der Waals surface area contributed by atoms with Crippen LogP contribution in [-0.4, -0.2) is 29.4 Å². The number of benzene rings is 1. The molecule has 1 atom stereocenters. The quantitative estimate of drug-likeness (QED) is 0.785. The molecule has 0 saturated carbocycles. The molecule has 2 heterocycles. The molecular formula is C17H21N5O. The molecule has 3 rings (SSSR count). The lowest BCUT2D eigenvalue weighted by atomic mass is 10.1. The fourth-order valence-corrected chi connectivity index (χ4v) is 2.65. The Bertz CT molecular complexity index is 775. The van der Waals surface area contributed by atoms with Gasteiger partial charge in [0.1, 0.15) is 17.8 Å². The van der Waals surface area contributed by atoms with Gasteiger partial charge in [-0.3, -0.25) is 0 Å². The third-order valence-corrected chi connectivity index (χ3v) is 3.93. The molecule has 120 valence electrons. The van der Waals surface area contributed by atoms with Gasteiger partial charge in [0.25, 0.3) is 0 Å². The van der Waals surface area contributed by atoms with E-state index < -0.39 is 6.10 Å². The van der Waals surface area contributed by atoms with E-state index in [4.69, 9.17) is 0 Å². The Kier molecular flexibility index (Phi) is 4.25. The molecule has 0 aliphatic carbocycles. The highest BCUT2D eigenvalue weighted by Crippen LogP contribution is 2.21. The molecule has 0 saturated heterocycles. The van der Waals surface area contributed by atoms with Gasteiger partial charge in [0.15, 0.2) is 5.82 Å². The van der Waals surface area contributed by atoms with E-state index in [0.29, 0.717) is 18.3 Å². The summed E-state index contributed by atoms with van der Waals surface area (Å²) >= 11 is 0. The SMILES string of the molecule is CC(C)c1nnc(Cn2ccnc2[C@@H](O)c2ccccc2)n1C. The third-order valence-electron chi connectivity index (χ3n) is 3.93. The first-order chi connectivity index (χ1) is 11.1. The van der Waals surface area contributed by atoms with Gasteiger partial charge in [0.05, 0.1) is 6.54 Å². The van der Waals surface area contributed by atoms with E-state index in [1.165, 1.54) is 0 Å². The first-order valence-corrected chi connectivity index (χ1v) is 7.70. The summed E-state index contributed by atoms with van der Waals surface area (Å²) in [5.74, 6) is 2.71. The molecule has 3 aromatic rings. The lowest BCUT2D eigenvalue weighted by Crippen LogP contribution is -2.13. The van der Waals surface area contributed by atoms with Crippen molar-refractivity contribution in [1.82, 2.24) is 24.3 Å². The van der Waals surface area contributed by atoms with Crippen molar-refractivity contribution in [3.05, 3.63) is 65.8 Å². The first kappa shape index (κ1) is 15.4. The monoisotopic (exact) mass is 311 g/mol. The van der Waals surface area contributed by atoms with Crippen molar-refractivity contribution in [3.63, 3.8) is 0 Å². The van der Waals surface area contributed by atoms with E-state index in [1.807, 2.05) is 52.7 Å². The van der Waals surface area contributed by atoms with Gasteiger partial charge < -0.3 is 14.2 Å². The number of hydrogen-bond acceptors (Lipinski definition) is 4. The molecule has 0 spiro atoms. The summed E-state index contributed by atoms with van der Waals surface area (Å²) in [6, 6.07) is 9.52. The predicted octanol–water partition coefficient (Wildman–Crippen LogP) is 2.27. The van der Waals surface area contributed by atoms with Gasteiger partial charge in [-0.1, -0.05) is 44.2 Å². The Morgan fingerprint density at radius 2 is 1.83 bits per heavy atom. The summed E-state index contributed by atoms with van der Waals surface area (Å²) in [5.41, 5.74) is 0.820. The van der Waals surface area contributed by atoms with Crippen molar-refractivity contribution in [1.29, 1.82) is 0 Å². The lowest BCUT2D eigenvalue weighted by molar-refractivity contribution is 0.205. The molecule has 1 aromatic carbocycles. The van der Waals surface area contributed by atoms with Crippen LogP contribution in [0.4, 0.5) is 0 Å². The second-order valence-electron chi connectivity index (χ2n) is 5.91. The zero-order valence-electron chi connectivity index (χ0n) is 13.6. The minimum atomic E-state index is -0.760. The van der Waals surface area contributed by atoms with E-state index in [9.17, 15) is 5.11 Å². The number of imidazole rings is 1. The second kappa shape index (κ2) is 6.34. The molecule has 2 aromatic heterocycles. The van der Waals surface area contributed by atoms with Crippen molar-refractivity contribution in [2.45, 2.75) is 32.4 Å². The summed E-state index contributed by atoms with van der Waals surface area (Å²) in [6.07, 6.45) is 2.79. The number of rotatable bonds is 5. The minimum absolute atomic E-state index is 0.318. The maximum Gasteiger partial charge on any atom is 0.152 e. The maximum absolute atomic E-state index is 10.6. The van der Waals surface area contributed by atoms with Crippen molar-refractivity contribution < 1.29 is 5.11 Å². The van der Waals surface area contributed by atoms with Crippen LogP contribution in [0, 0.1) is 0 Å². The largest absolute Gasteiger partial charge is 0.380 e. The Labute approximate surface area is 135 Å². The molecule has 0 fully saturated rings. The van der Waals surface area contributed by atoms with Crippen LogP contribution < -0.4 is 0 Å². The number of aliphatic hydroxyl groups is 1. The standard InChI is InChI=1S/C17H21N5O/c1-12(2)16-20-19-14(21(16)3)11-22-10-9-18-17(22)15(23)13-7-5-4-6-8-13/h4-10,12,15,23H,11H2,1-3H3/t15-/m0/s1. The fourth-order valence-electron chi connectivity index (χ4n) is 2.65. The average Bonchev–Trinajstić information content (AvgIpc) is 3.15. The zero-order chi connectivity index (χ0) is 16.4. The van der Waals surface area contributed by atoms with E-state index in [2.05, 4.69) is 29.0 Å². The summed E-state index contributed by atoms with van der Waals surface area (Å²) in [5, 5.41) is 19.1. The van der Waals surface area contributed by atoms with Crippen LogP contribution in [0.15, 0.2) is 42.7 Å². The smallest absolute Gasteiger partial charge is 0.152 e. The van der Waals surface area contributed by atoms with Crippen LogP contribution in [0.25, 0.3) is 0 Å². The van der Waals surface area contributed by atoms with Crippen LogP contribution in [-0.2, 0) is 13.6 Å². The maximum atomic E-state index is 10.6. The van der Waals surface area contributed by atoms with Crippen LogP contribution >= 0.6 is 0 Å². The molecule has 6 heteroatoms. The highest BCUT2D eigenvalue weighted by molar-refractivity contribution is 5.23. The summed E-state index contributed by atoms with van der Waals surface area (Å²) in [4.78, 5) is 4.32. The van der Waals surface area contributed by atoms with Crippen LogP contribution in [0.1, 0.15) is 48.9 Å². The highest BCUT2D eigenvalue weighted by Gasteiger charge is 2.18. The molecule has 0 aliphatic rings. The van der Waals surface area contributed by atoms with Crippen LogP contribution in [0.2, 0.25) is 0 Å². The lowest BCUT2D eigenvalue weighted by Gasteiger charge is -2.13. The van der Waals surface area contributed by atoms with Crippen molar-refractivity contribution in [3.8, 4) is 0 Å². The van der Waals surface area contributed by atoms with Crippen LogP contribution in [0.3, 0.4) is 0 Å². The third kappa shape index (κ3) is 3.03. The Balaban J connectivity index is 1.87. The Morgan fingerprint density at radius 3 is 2.48 bits per heavy atom. The van der Waals surface area contributed by atoms with Gasteiger partial charge in [-0.2, -0.15) is 0 Å². The predicted molar refractivity (Wildman–Crippen MR) is 86.9 cm³/mol. The van der Waals surface area contributed by atoms with Gasteiger partial charge >= 0.3 is 0 Å². The van der Waals surface area contributed by atoms with Crippen molar-refractivity contribution >= 4 is 0 Å². The topological polar surface area (TPSA) is 68.8 Å². The molecule has 0 bridgehead atoms. The molecule has 0 radical (unpaired) electrons. The summed E-state index contributed by atoms with van der Waals surface area (Å²) in [6.45, 7) is 4.71. The van der Waals surface area contributed by atoms with Gasteiger partial charge in [0, 0.05) is 25.4 Å². The summed E-state index contributed by atoms with van der Waals surface area (Å²) < 4.78 is 3.91. The van der Waals surface area contributed by atoms with E-state index >= 15 is 0 Å². The minimum Gasteiger partial charge on any atom is -0.380 e. The zero-order valence-corrected chi connectivity index (χ0v) is 13.6. The Hall–Kier alpha value is -2.47. The van der Waals surface area contributed by atoms with Gasteiger partial charge in [-0.25, -0.2) is 4.98 Å². The first-order valence-electron chi connectivity index (χ1n) is 7.70. The number of hydrogen-bond donors (Lipinski definition) is 1. The molecular weight excluding hydrogens is 290 g/mol. The molecule has 0 unspecified atom stereocenters. The number of aromatic nitrogens is 5. The Morgan fingerprint density at radius 1 is 1.09 bits per heavy atom. The van der Waals surface area contributed by atoms with Gasteiger partial charge in [-0.05, 0) is 5.56 Å². The molecule has 1 N–H and O–H groups in total. The fraction of sp³-hybridized carbons (Fsp3) is 0.353. The number of aliphatic hydroxyl groups excluding tert-OH is 1. The average molecular weight is 311 g/mol. The van der Waals surface area contributed by atoms with Crippen molar-refractivity contribution in [2.75, 3.05) is 0 Å². The highest BCUT2D eigenvalue weighted by atomic mass is 16.3. The van der Waals surface area contributed by atoms with E-state index in [0.717, 1.165) is 17.2 Å².